The van der Waals surface area contributed by atoms with Crippen LogP contribution in [0.1, 0.15) is 39.9 Å². The van der Waals surface area contributed by atoms with E-state index in [9.17, 15) is 4.79 Å². The van der Waals surface area contributed by atoms with Crippen LogP contribution in [0.3, 0.4) is 0 Å². The van der Waals surface area contributed by atoms with Crippen LogP contribution in [0.2, 0.25) is 0 Å². The van der Waals surface area contributed by atoms with E-state index in [2.05, 4.69) is 37.5 Å². The van der Waals surface area contributed by atoms with E-state index >= 15 is 0 Å². The average Bonchev–Trinajstić information content (AvgIpc) is 3.67. The van der Waals surface area contributed by atoms with Crippen LogP contribution in [-0.2, 0) is 19.6 Å². The lowest BCUT2D eigenvalue weighted by Crippen LogP contribution is -2.35. The van der Waals surface area contributed by atoms with Crippen molar-refractivity contribution in [2.45, 2.75) is 32.6 Å². The minimum atomic E-state index is -0.581. The molecule has 41 heavy (non-hydrogen) atoms. The maximum absolute atomic E-state index is 13.8. The minimum Gasteiger partial charge on any atom is -0.497 e. The Morgan fingerprint density at radius 2 is 1.78 bits per heavy atom. The molecule has 206 valence electrons. The summed E-state index contributed by atoms with van der Waals surface area (Å²) in [6, 6.07) is 29.1. The molecule has 0 bridgehead atoms. The number of furan rings is 1. The Balaban J connectivity index is 1.50. The van der Waals surface area contributed by atoms with E-state index in [1.807, 2.05) is 85.8 Å². The molecular formula is C32H30N6O3. The molecule has 0 saturated heterocycles. The SMILES string of the molecule is COc1ccc(Cn2nnnc2[C@H](c2cc3cccc(C)c3[nH]c2=O)N(Cc2ccccc2)Cc2ccco2)cc1. The Kier molecular flexibility index (Phi) is 7.42. The summed E-state index contributed by atoms with van der Waals surface area (Å²) in [5.74, 6) is 2.10. The van der Waals surface area contributed by atoms with Crippen LogP contribution >= 0.6 is 0 Å². The van der Waals surface area contributed by atoms with Gasteiger partial charge in [-0.15, -0.1) is 5.10 Å². The number of ether oxygens (including phenoxy) is 1. The highest BCUT2D eigenvalue weighted by Gasteiger charge is 2.31. The van der Waals surface area contributed by atoms with E-state index in [0.29, 0.717) is 31.0 Å². The summed E-state index contributed by atoms with van der Waals surface area (Å²) in [4.78, 5) is 19.1. The molecule has 0 aliphatic carbocycles. The Labute approximate surface area is 237 Å². The summed E-state index contributed by atoms with van der Waals surface area (Å²) in [5, 5.41) is 13.9. The normalized spacial score (nSPS) is 12.2. The second-order valence-electron chi connectivity index (χ2n) is 10.0. The first-order valence-corrected chi connectivity index (χ1v) is 13.4. The van der Waals surface area contributed by atoms with Crippen molar-refractivity contribution in [2.75, 3.05) is 7.11 Å². The van der Waals surface area contributed by atoms with Crippen molar-refractivity contribution in [3.8, 4) is 5.75 Å². The van der Waals surface area contributed by atoms with Crippen molar-refractivity contribution >= 4 is 10.9 Å². The number of nitrogens with one attached hydrogen (secondary N) is 1. The van der Waals surface area contributed by atoms with Gasteiger partial charge in [0.25, 0.3) is 5.56 Å². The number of methoxy groups -OCH3 is 1. The fourth-order valence-electron chi connectivity index (χ4n) is 5.19. The van der Waals surface area contributed by atoms with Gasteiger partial charge in [0.2, 0.25) is 0 Å². The quantitative estimate of drug-likeness (QED) is 0.250. The summed E-state index contributed by atoms with van der Waals surface area (Å²) in [6.45, 7) is 3.39. The number of para-hydroxylation sites is 1. The molecule has 0 radical (unpaired) electrons. The van der Waals surface area contributed by atoms with E-state index in [0.717, 1.165) is 39.1 Å². The van der Waals surface area contributed by atoms with Gasteiger partial charge in [-0.1, -0.05) is 60.7 Å². The first-order chi connectivity index (χ1) is 20.1. The van der Waals surface area contributed by atoms with Gasteiger partial charge in [0.1, 0.15) is 17.6 Å². The van der Waals surface area contributed by atoms with Gasteiger partial charge in [-0.3, -0.25) is 9.69 Å². The largest absolute Gasteiger partial charge is 0.497 e. The number of aromatic nitrogens is 5. The van der Waals surface area contributed by atoms with Crippen molar-refractivity contribution in [3.63, 3.8) is 0 Å². The zero-order valence-electron chi connectivity index (χ0n) is 22.9. The van der Waals surface area contributed by atoms with E-state index in [4.69, 9.17) is 9.15 Å². The number of rotatable bonds is 10. The molecule has 1 atom stereocenters. The summed E-state index contributed by atoms with van der Waals surface area (Å²) >= 11 is 0. The van der Waals surface area contributed by atoms with Crippen LogP contribution in [0.5, 0.6) is 5.75 Å². The highest BCUT2D eigenvalue weighted by molar-refractivity contribution is 5.82. The highest BCUT2D eigenvalue weighted by Crippen LogP contribution is 2.31. The van der Waals surface area contributed by atoms with Crippen molar-refractivity contribution < 1.29 is 9.15 Å². The fourth-order valence-corrected chi connectivity index (χ4v) is 5.19. The van der Waals surface area contributed by atoms with Crippen LogP contribution in [-0.4, -0.2) is 37.2 Å². The number of benzene rings is 3. The zero-order valence-corrected chi connectivity index (χ0v) is 22.9. The van der Waals surface area contributed by atoms with E-state index in [1.54, 1.807) is 18.1 Å². The van der Waals surface area contributed by atoms with Crippen molar-refractivity contribution in [3.05, 3.63) is 141 Å². The molecule has 0 amide bonds. The van der Waals surface area contributed by atoms with Crippen molar-refractivity contribution in [1.29, 1.82) is 0 Å². The van der Waals surface area contributed by atoms with Crippen LogP contribution < -0.4 is 10.3 Å². The predicted octanol–water partition coefficient (Wildman–Crippen LogP) is 5.26. The Bertz CT molecular complexity index is 1790. The Morgan fingerprint density at radius 1 is 0.951 bits per heavy atom. The monoisotopic (exact) mass is 546 g/mol. The molecule has 0 aliphatic rings. The van der Waals surface area contributed by atoms with Crippen molar-refractivity contribution in [1.82, 2.24) is 30.1 Å². The maximum atomic E-state index is 13.8. The first kappa shape index (κ1) is 26.2. The molecule has 0 spiro atoms. The molecular weight excluding hydrogens is 516 g/mol. The smallest absolute Gasteiger partial charge is 0.253 e. The number of nitrogens with zero attached hydrogens (tertiary/aromatic N) is 5. The molecule has 0 saturated carbocycles. The van der Waals surface area contributed by atoms with Gasteiger partial charge in [-0.05, 0) is 69.8 Å². The lowest BCUT2D eigenvalue weighted by atomic mass is 10.0. The van der Waals surface area contributed by atoms with E-state index in [1.165, 1.54) is 0 Å². The molecule has 0 unspecified atom stereocenters. The third-order valence-electron chi connectivity index (χ3n) is 7.24. The summed E-state index contributed by atoms with van der Waals surface area (Å²) in [6.07, 6.45) is 1.66. The summed E-state index contributed by atoms with van der Waals surface area (Å²) in [5.41, 5.74) is 4.28. The van der Waals surface area contributed by atoms with E-state index < -0.39 is 6.04 Å². The number of H-pyrrole nitrogens is 1. The second kappa shape index (κ2) is 11.6. The summed E-state index contributed by atoms with van der Waals surface area (Å²) < 4.78 is 12.8. The third-order valence-corrected chi connectivity index (χ3v) is 7.24. The second-order valence-corrected chi connectivity index (χ2v) is 10.0. The highest BCUT2D eigenvalue weighted by atomic mass is 16.5. The number of hydrogen-bond acceptors (Lipinski definition) is 7. The minimum absolute atomic E-state index is 0.187. The lowest BCUT2D eigenvalue weighted by molar-refractivity contribution is 0.179. The third kappa shape index (κ3) is 5.66. The number of hydrogen-bond donors (Lipinski definition) is 1. The molecule has 6 aromatic rings. The van der Waals surface area contributed by atoms with Crippen LogP contribution in [0, 0.1) is 6.92 Å². The van der Waals surface area contributed by atoms with Crippen LogP contribution in [0.15, 0.2) is 106 Å². The Hall–Kier alpha value is -5.02. The molecule has 3 heterocycles. The standard InChI is InChI=1S/C32H30N6O3/c1-22-8-6-11-25-18-28(32(39)33-29(22)25)30(31-34-35-36-38(31)20-24-13-15-26(40-2)16-14-24)37(21-27-12-7-17-41-27)19-23-9-4-3-5-10-23/h3-18,30H,19-21H2,1-2H3,(H,33,39)/t30-/m0/s1. The number of aryl methyl sites for hydroxylation is 1. The molecule has 3 aromatic carbocycles. The molecule has 0 fully saturated rings. The molecule has 9 nitrogen and oxygen atoms in total. The number of pyridine rings is 1. The van der Waals surface area contributed by atoms with Crippen LogP contribution in [0.4, 0.5) is 0 Å². The van der Waals surface area contributed by atoms with Gasteiger partial charge in [0.05, 0.1) is 32.0 Å². The average molecular weight is 547 g/mol. The van der Waals surface area contributed by atoms with Crippen molar-refractivity contribution in [2.24, 2.45) is 0 Å². The summed E-state index contributed by atoms with van der Waals surface area (Å²) in [7, 11) is 1.64. The Morgan fingerprint density at radius 3 is 2.54 bits per heavy atom. The van der Waals surface area contributed by atoms with Gasteiger partial charge < -0.3 is 14.1 Å². The molecule has 9 heteroatoms. The van der Waals surface area contributed by atoms with Gasteiger partial charge in [0, 0.05) is 12.1 Å². The van der Waals surface area contributed by atoms with Gasteiger partial charge in [0.15, 0.2) is 5.82 Å². The maximum Gasteiger partial charge on any atom is 0.253 e. The van der Waals surface area contributed by atoms with Gasteiger partial charge in [-0.2, -0.15) is 0 Å². The van der Waals surface area contributed by atoms with E-state index in [-0.39, 0.29) is 5.56 Å². The van der Waals surface area contributed by atoms with Crippen LogP contribution in [0.25, 0.3) is 10.9 Å². The topological polar surface area (TPSA) is 102 Å². The number of tetrazole rings is 1. The molecule has 1 N–H and O–H groups in total. The predicted molar refractivity (Wildman–Crippen MR) is 155 cm³/mol. The molecule has 0 aliphatic heterocycles. The number of fused-ring (bicyclic) bond motifs is 1. The molecule has 3 aromatic heterocycles. The number of aromatic amines is 1. The molecule has 6 rings (SSSR count). The zero-order chi connectivity index (χ0) is 28.2. The lowest BCUT2D eigenvalue weighted by Gasteiger charge is -2.30. The van der Waals surface area contributed by atoms with Gasteiger partial charge >= 0.3 is 0 Å². The first-order valence-electron chi connectivity index (χ1n) is 13.4. The fraction of sp³-hybridized carbons (Fsp3) is 0.188. The van der Waals surface area contributed by atoms with Gasteiger partial charge in [-0.25, -0.2) is 4.68 Å².